The van der Waals surface area contributed by atoms with E-state index >= 15 is 0 Å². The Morgan fingerprint density at radius 2 is 1.96 bits per heavy atom. The second-order valence-electron chi connectivity index (χ2n) is 5.26. The van der Waals surface area contributed by atoms with E-state index in [0.29, 0.717) is 18.4 Å². The Kier molecular flexibility index (Phi) is 3.86. The third kappa shape index (κ3) is 3.28. The van der Waals surface area contributed by atoms with Gasteiger partial charge < -0.3 is 4.74 Å². The molecule has 0 saturated heterocycles. The third-order valence-corrected chi connectivity index (χ3v) is 5.50. The Hall–Kier alpha value is -2.36. The van der Waals surface area contributed by atoms with Crippen molar-refractivity contribution >= 4 is 16.3 Å². The van der Waals surface area contributed by atoms with Crippen LogP contribution in [0.25, 0.3) is 11.1 Å². The predicted molar refractivity (Wildman–Crippen MR) is 77.1 cm³/mol. The zero-order valence-corrected chi connectivity index (χ0v) is 12.8. The monoisotopic (exact) mass is 360 g/mol. The Bertz CT molecular complexity index is 886. The maximum atomic E-state index is 12.4. The summed E-state index contributed by atoms with van der Waals surface area (Å²) in [7, 11) is -3.57. The first-order valence-corrected chi connectivity index (χ1v) is 8.35. The van der Waals surface area contributed by atoms with Crippen LogP contribution >= 0.6 is 0 Å². The Morgan fingerprint density at radius 3 is 2.54 bits per heavy atom. The molecule has 0 atom stereocenters. The summed E-state index contributed by atoms with van der Waals surface area (Å²) in [4.78, 5) is 10.8. The van der Waals surface area contributed by atoms with Crippen LogP contribution < -0.4 is 4.74 Å². The summed E-state index contributed by atoms with van der Waals surface area (Å²) < 4.78 is 66.0. The fourth-order valence-electron chi connectivity index (χ4n) is 2.14. The van der Waals surface area contributed by atoms with E-state index in [2.05, 4.69) is 9.84 Å². The number of nitrogens with zero attached hydrogens (tertiary/aromatic N) is 2. The summed E-state index contributed by atoms with van der Waals surface area (Å²) in [5.41, 5.74) is 0.273. The van der Waals surface area contributed by atoms with Crippen LogP contribution in [0.15, 0.2) is 30.6 Å². The molecular weight excluding hydrogens is 349 g/mol. The van der Waals surface area contributed by atoms with E-state index < -0.39 is 27.4 Å². The van der Waals surface area contributed by atoms with Crippen LogP contribution in [0.1, 0.15) is 23.2 Å². The number of carbonyl (C=O) groups excluding carboxylic acids is 1. The minimum atomic E-state index is -4.95. The number of ether oxygens (including phenoxy) is 1. The first kappa shape index (κ1) is 16.5. The number of halogens is 3. The highest BCUT2D eigenvalue weighted by atomic mass is 32.2. The summed E-state index contributed by atoms with van der Waals surface area (Å²) in [6.45, 7) is 0. The van der Waals surface area contributed by atoms with E-state index in [1.807, 2.05) is 0 Å². The van der Waals surface area contributed by atoms with E-state index in [1.54, 1.807) is 0 Å². The maximum absolute atomic E-state index is 12.4. The van der Waals surface area contributed by atoms with Gasteiger partial charge in [-0.25, -0.2) is 8.42 Å². The number of hydrogen-bond acceptors (Lipinski definition) is 5. The SMILES string of the molecule is O=Cc1ccc(-c2cnn(S(=O)(=O)C3CC3)c2)cc1OC(F)(F)F. The minimum Gasteiger partial charge on any atom is -0.405 e. The summed E-state index contributed by atoms with van der Waals surface area (Å²) in [6.07, 6.45) is -1.12. The molecular formula is C14H11F3N2O4S. The summed E-state index contributed by atoms with van der Waals surface area (Å²) >= 11 is 0. The molecule has 2 aromatic rings. The maximum Gasteiger partial charge on any atom is 0.573 e. The lowest BCUT2D eigenvalue weighted by atomic mass is 10.1. The van der Waals surface area contributed by atoms with Gasteiger partial charge in [0.05, 0.1) is 23.2 Å². The van der Waals surface area contributed by atoms with Crippen LogP contribution in [0.3, 0.4) is 0 Å². The van der Waals surface area contributed by atoms with Crippen molar-refractivity contribution in [1.82, 2.24) is 9.19 Å². The average molecular weight is 360 g/mol. The van der Waals surface area contributed by atoms with Crippen LogP contribution in [-0.2, 0) is 10.0 Å². The molecule has 1 aliphatic carbocycles. The van der Waals surface area contributed by atoms with Crippen molar-refractivity contribution in [2.75, 3.05) is 0 Å². The lowest BCUT2D eigenvalue weighted by molar-refractivity contribution is -0.274. The lowest BCUT2D eigenvalue weighted by Gasteiger charge is -2.11. The smallest absolute Gasteiger partial charge is 0.405 e. The van der Waals surface area contributed by atoms with Gasteiger partial charge in [-0.2, -0.15) is 9.19 Å². The second-order valence-corrected chi connectivity index (χ2v) is 7.33. The van der Waals surface area contributed by atoms with E-state index in [-0.39, 0.29) is 17.4 Å². The van der Waals surface area contributed by atoms with Crippen molar-refractivity contribution in [3.8, 4) is 16.9 Å². The first-order chi connectivity index (χ1) is 11.2. The van der Waals surface area contributed by atoms with Crippen LogP contribution in [0.5, 0.6) is 5.75 Å². The summed E-state index contributed by atoms with van der Waals surface area (Å²) in [5, 5.41) is 3.30. The Balaban J connectivity index is 1.96. The van der Waals surface area contributed by atoms with Gasteiger partial charge in [0.2, 0.25) is 0 Å². The molecule has 3 rings (SSSR count). The Labute approximate surface area is 134 Å². The van der Waals surface area contributed by atoms with Crippen molar-refractivity contribution in [1.29, 1.82) is 0 Å². The summed E-state index contributed by atoms with van der Waals surface area (Å²) in [6, 6.07) is 3.57. The average Bonchev–Trinajstić information content (AvgIpc) is 3.23. The molecule has 1 aromatic carbocycles. The van der Waals surface area contributed by atoms with Gasteiger partial charge in [0.15, 0.2) is 6.29 Å². The number of alkyl halides is 3. The molecule has 0 unspecified atom stereocenters. The van der Waals surface area contributed by atoms with E-state index in [9.17, 15) is 26.4 Å². The molecule has 1 fully saturated rings. The molecule has 0 amide bonds. The molecule has 0 aliphatic heterocycles. The van der Waals surface area contributed by atoms with Crippen LogP contribution in [0.2, 0.25) is 0 Å². The Morgan fingerprint density at radius 1 is 1.25 bits per heavy atom. The number of aldehydes is 1. The fourth-order valence-corrected chi connectivity index (χ4v) is 3.61. The number of benzene rings is 1. The summed E-state index contributed by atoms with van der Waals surface area (Å²) in [5.74, 6) is -0.659. The van der Waals surface area contributed by atoms with E-state index in [4.69, 9.17) is 0 Å². The molecule has 10 heteroatoms. The van der Waals surface area contributed by atoms with Crippen molar-refractivity contribution < 1.29 is 31.1 Å². The van der Waals surface area contributed by atoms with Crippen molar-refractivity contribution in [3.63, 3.8) is 0 Å². The molecule has 0 bridgehead atoms. The van der Waals surface area contributed by atoms with Gasteiger partial charge in [-0.15, -0.1) is 13.2 Å². The lowest BCUT2D eigenvalue weighted by Crippen LogP contribution is -2.18. The predicted octanol–water partition coefficient (Wildman–Crippen LogP) is 2.60. The number of aromatic nitrogens is 2. The highest BCUT2D eigenvalue weighted by Gasteiger charge is 2.37. The van der Waals surface area contributed by atoms with Gasteiger partial charge in [-0.3, -0.25) is 4.79 Å². The molecule has 0 radical (unpaired) electrons. The molecule has 1 heterocycles. The van der Waals surface area contributed by atoms with Gasteiger partial charge in [-0.1, -0.05) is 6.07 Å². The topological polar surface area (TPSA) is 78.3 Å². The molecule has 128 valence electrons. The van der Waals surface area contributed by atoms with Gasteiger partial charge in [0, 0.05) is 5.56 Å². The zero-order valence-electron chi connectivity index (χ0n) is 12.0. The van der Waals surface area contributed by atoms with E-state index in [1.165, 1.54) is 18.5 Å². The standard InChI is InChI=1S/C14H11F3N2O4S/c15-14(16,17)23-13-5-9(1-2-10(13)8-20)11-6-18-19(7-11)24(21,22)12-3-4-12/h1-2,5-8,12H,3-4H2. The molecule has 1 aliphatic rings. The van der Waals surface area contributed by atoms with Crippen molar-refractivity contribution in [2.45, 2.75) is 24.5 Å². The van der Waals surface area contributed by atoms with Crippen molar-refractivity contribution in [3.05, 3.63) is 36.2 Å². The second kappa shape index (κ2) is 5.62. The first-order valence-electron chi connectivity index (χ1n) is 6.85. The van der Waals surface area contributed by atoms with Crippen LogP contribution in [0.4, 0.5) is 13.2 Å². The highest BCUT2D eigenvalue weighted by Crippen LogP contribution is 2.33. The van der Waals surface area contributed by atoms with Gasteiger partial charge >= 0.3 is 6.36 Å². The number of rotatable bonds is 5. The highest BCUT2D eigenvalue weighted by molar-refractivity contribution is 7.90. The third-order valence-electron chi connectivity index (χ3n) is 3.47. The zero-order chi connectivity index (χ0) is 17.5. The largest absolute Gasteiger partial charge is 0.573 e. The quantitative estimate of drug-likeness (QED) is 0.766. The molecule has 6 nitrogen and oxygen atoms in total. The molecule has 1 aromatic heterocycles. The van der Waals surface area contributed by atoms with Crippen LogP contribution in [0, 0.1) is 0 Å². The minimum absolute atomic E-state index is 0.242. The molecule has 1 saturated carbocycles. The number of hydrogen-bond donors (Lipinski definition) is 0. The number of carbonyl (C=O) groups is 1. The normalized spacial score (nSPS) is 15.3. The molecule has 0 spiro atoms. The van der Waals surface area contributed by atoms with Gasteiger partial charge in [0.1, 0.15) is 5.75 Å². The van der Waals surface area contributed by atoms with Crippen molar-refractivity contribution in [2.24, 2.45) is 0 Å². The van der Waals surface area contributed by atoms with Gasteiger partial charge in [0.25, 0.3) is 10.0 Å². The van der Waals surface area contributed by atoms with Gasteiger partial charge in [-0.05, 0) is 30.5 Å². The van der Waals surface area contributed by atoms with Crippen LogP contribution in [-0.4, -0.2) is 35.5 Å². The molecule has 0 N–H and O–H groups in total. The molecule has 24 heavy (non-hydrogen) atoms. The fraction of sp³-hybridized carbons (Fsp3) is 0.286. The van der Waals surface area contributed by atoms with E-state index in [0.717, 1.165) is 16.2 Å².